The first-order valence-electron chi connectivity index (χ1n) is 5.70. The number of benzene rings is 1. The molecule has 1 aromatic heterocycles. The number of carbonyl (C=O) groups excluding carboxylic acids is 1. The van der Waals surface area contributed by atoms with Crippen molar-refractivity contribution < 1.29 is 4.79 Å². The summed E-state index contributed by atoms with van der Waals surface area (Å²) < 4.78 is 0. The van der Waals surface area contributed by atoms with Crippen LogP contribution in [0.1, 0.15) is 23.4 Å². The number of amides is 1. The fraction of sp³-hybridized carbons (Fsp3) is 0.214. The summed E-state index contributed by atoms with van der Waals surface area (Å²) in [5.74, 6) is -0.0218. The van der Waals surface area contributed by atoms with Gasteiger partial charge in [0.1, 0.15) is 0 Å². The Labute approximate surface area is 116 Å². The van der Waals surface area contributed by atoms with E-state index in [0.717, 1.165) is 12.0 Å². The average Bonchev–Trinajstić information content (AvgIpc) is 2.81. The zero-order valence-corrected chi connectivity index (χ0v) is 11.6. The average molecular weight is 280 g/mol. The van der Waals surface area contributed by atoms with Gasteiger partial charge in [-0.3, -0.25) is 4.79 Å². The molecule has 1 amide bonds. The maximum atomic E-state index is 11.3. The van der Waals surface area contributed by atoms with Gasteiger partial charge in [0.2, 0.25) is 5.91 Å². The van der Waals surface area contributed by atoms with Gasteiger partial charge in [0, 0.05) is 23.2 Å². The molecule has 94 valence electrons. The number of rotatable bonds is 4. The van der Waals surface area contributed by atoms with Crippen molar-refractivity contribution in [3.8, 4) is 0 Å². The molecule has 2 aromatic rings. The van der Waals surface area contributed by atoms with Gasteiger partial charge in [-0.1, -0.05) is 29.8 Å². The van der Waals surface area contributed by atoms with Gasteiger partial charge in [-0.05, 0) is 29.1 Å². The summed E-state index contributed by atoms with van der Waals surface area (Å²) in [6, 6.07) is 11.7. The quantitative estimate of drug-likeness (QED) is 0.906. The number of nitrogens with one attached hydrogen (secondary N) is 1. The molecule has 0 radical (unpaired) electrons. The number of carbonyl (C=O) groups is 1. The highest BCUT2D eigenvalue weighted by Crippen LogP contribution is 2.22. The zero-order chi connectivity index (χ0) is 13.0. The van der Waals surface area contributed by atoms with E-state index < -0.39 is 0 Å². The lowest BCUT2D eigenvalue weighted by Crippen LogP contribution is -2.27. The van der Waals surface area contributed by atoms with Crippen molar-refractivity contribution >= 4 is 28.8 Å². The summed E-state index contributed by atoms with van der Waals surface area (Å²) >= 11 is 7.58. The Balaban J connectivity index is 2.19. The first-order valence-corrected chi connectivity index (χ1v) is 6.96. The molecule has 0 bridgehead atoms. The second-order valence-electron chi connectivity index (χ2n) is 4.09. The second kappa shape index (κ2) is 6.03. The summed E-state index contributed by atoms with van der Waals surface area (Å²) in [7, 11) is 0. The Hall–Kier alpha value is -1.32. The molecule has 18 heavy (non-hydrogen) atoms. The lowest BCUT2D eigenvalue weighted by atomic mass is 10.0. The molecule has 4 heteroatoms. The summed E-state index contributed by atoms with van der Waals surface area (Å²) in [5, 5.41) is 5.73. The van der Waals surface area contributed by atoms with Crippen LogP contribution < -0.4 is 5.32 Å². The maximum absolute atomic E-state index is 11.3. The van der Waals surface area contributed by atoms with Crippen LogP contribution in [0.5, 0.6) is 0 Å². The summed E-state index contributed by atoms with van der Waals surface area (Å²) in [6.45, 7) is 1.54. The molecule has 0 spiro atoms. The van der Waals surface area contributed by atoms with E-state index in [1.165, 1.54) is 11.8 Å². The van der Waals surface area contributed by atoms with Gasteiger partial charge in [-0.2, -0.15) is 0 Å². The predicted molar refractivity (Wildman–Crippen MR) is 76.0 cm³/mol. The standard InChI is InChI=1S/C14H14ClNOS/c1-10(17)16-14(9-13-3-2-8-18-13)11-4-6-12(15)7-5-11/h2-8,14H,9H2,1H3,(H,16,17). The van der Waals surface area contributed by atoms with Crippen molar-refractivity contribution in [2.75, 3.05) is 0 Å². The fourth-order valence-electron chi connectivity index (χ4n) is 1.82. The highest BCUT2D eigenvalue weighted by atomic mass is 35.5. The predicted octanol–water partition coefficient (Wildman–Crippen LogP) is 3.82. The van der Waals surface area contributed by atoms with Crippen molar-refractivity contribution in [3.05, 3.63) is 57.2 Å². The number of thiophene rings is 1. The molecule has 1 atom stereocenters. The summed E-state index contributed by atoms with van der Waals surface area (Å²) in [4.78, 5) is 12.5. The molecular weight excluding hydrogens is 266 g/mol. The minimum atomic E-state index is -0.0218. The number of hydrogen-bond donors (Lipinski definition) is 1. The van der Waals surface area contributed by atoms with E-state index in [2.05, 4.69) is 11.4 Å². The Morgan fingerprint density at radius 1 is 1.33 bits per heavy atom. The lowest BCUT2D eigenvalue weighted by Gasteiger charge is -2.17. The van der Waals surface area contributed by atoms with Gasteiger partial charge in [0.15, 0.2) is 0 Å². The van der Waals surface area contributed by atoms with Crippen molar-refractivity contribution in [1.29, 1.82) is 0 Å². The van der Waals surface area contributed by atoms with E-state index >= 15 is 0 Å². The third-order valence-corrected chi connectivity index (χ3v) is 3.79. The molecule has 0 saturated heterocycles. The molecule has 2 rings (SSSR count). The highest BCUT2D eigenvalue weighted by molar-refractivity contribution is 7.09. The van der Waals surface area contributed by atoms with Crippen molar-refractivity contribution in [1.82, 2.24) is 5.32 Å². The Kier molecular flexibility index (Phi) is 4.39. The van der Waals surface area contributed by atoms with Crippen molar-refractivity contribution in [3.63, 3.8) is 0 Å². The van der Waals surface area contributed by atoms with Crippen molar-refractivity contribution in [2.45, 2.75) is 19.4 Å². The summed E-state index contributed by atoms with van der Waals surface area (Å²) in [6.07, 6.45) is 0.804. The molecule has 1 unspecified atom stereocenters. The lowest BCUT2D eigenvalue weighted by molar-refractivity contribution is -0.119. The number of halogens is 1. The zero-order valence-electron chi connectivity index (χ0n) is 10.0. The third kappa shape index (κ3) is 3.59. The van der Waals surface area contributed by atoms with Crippen LogP contribution in [-0.2, 0) is 11.2 Å². The van der Waals surface area contributed by atoms with Crippen LogP contribution in [0, 0.1) is 0 Å². The first-order chi connectivity index (χ1) is 8.65. The van der Waals surface area contributed by atoms with E-state index in [9.17, 15) is 4.79 Å². The molecule has 0 aliphatic carbocycles. The minimum Gasteiger partial charge on any atom is -0.349 e. The SMILES string of the molecule is CC(=O)NC(Cc1cccs1)c1ccc(Cl)cc1. The van der Waals surface area contributed by atoms with Crippen LogP contribution in [0.25, 0.3) is 0 Å². The van der Waals surface area contributed by atoms with E-state index in [-0.39, 0.29) is 11.9 Å². The van der Waals surface area contributed by atoms with Gasteiger partial charge >= 0.3 is 0 Å². The Morgan fingerprint density at radius 2 is 2.06 bits per heavy atom. The van der Waals surface area contributed by atoms with Gasteiger partial charge in [-0.25, -0.2) is 0 Å². The maximum Gasteiger partial charge on any atom is 0.217 e. The molecule has 0 aliphatic rings. The molecule has 0 aliphatic heterocycles. The van der Waals surface area contributed by atoms with E-state index in [1.807, 2.05) is 35.7 Å². The Morgan fingerprint density at radius 3 is 2.61 bits per heavy atom. The number of hydrogen-bond acceptors (Lipinski definition) is 2. The van der Waals surface area contributed by atoms with Crippen LogP contribution in [0.2, 0.25) is 5.02 Å². The third-order valence-electron chi connectivity index (χ3n) is 2.64. The van der Waals surface area contributed by atoms with Crippen LogP contribution in [0.3, 0.4) is 0 Å². The smallest absolute Gasteiger partial charge is 0.217 e. The molecule has 0 fully saturated rings. The van der Waals surface area contributed by atoms with Crippen LogP contribution >= 0.6 is 22.9 Å². The van der Waals surface area contributed by atoms with E-state index in [4.69, 9.17) is 11.6 Å². The molecule has 0 saturated carbocycles. The monoisotopic (exact) mass is 279 g/mol. The van der Waals surface area contributed by atoms with Crippen LogP contribution in [0.4, 0.5) is 0 Å². The molecule has 1 N–H and O–H groups in total. The molecule has 1 heterocycles. The van der Waals surface area contributed by atoms with E-state index in [0.29, 0.717) is 5.02 Å². The van der Waals surface area contributed by atoms with Crippen LogP contribution in [0.15, 0.2) is 41.8 Å². The first kappa shape index (κ1) is 13.1. The van der Waals surface area contributed by atoms with Crippen LogP contribution in [-0.4, -0.2) is 5.91 Å². The second-order valence-corrected chi connectivity index (χ2v) is 5.56. The fourth-order valence-corrected chi connectivity index (χ4v) is 2.70. The van der Waals surface area contributed by atoms with Gasteiger partial charge in [-0.15, -0.1) is 11.3 Å². The minimum absolute atomic E-state index is 0.00147. The summed E-state index contributed by atoms with van der Waals surface area (Å²) in [5.41, 5.74) is 1.07. The Bertz CT molecular complexity index is 507. The molecular formula is C14H14ClNOS. The normalized spacial score (nSPS) is 12.1. The van der Waals surface area contributed by atoms with E-state index in [1.54, 1.807) is 11.3 Å². The van der Waals surface area contributed by atoms with Crippen molar-refractivity contribution in [2.24, 2.45) is 0 Å². The highest BCUT2D eigenvalue weighted by Gasteiger charge is 2.13. The molecule has 1 aromatic carbocycles. The molecule has 2 nitrogen and oxygen atoms in total. The topological polar surface area (TPSA) is 29.1 Å². The van der Waals surface area contributed by atoms with Gasteiger partial charge < -0.3 is 5.32 Å². The van der Waals surface area contributed by atoms with Gasteiger partial charge in [0.25, 0.3) is 0 Å². The van der Waals surface area contributed by atoms with Gasteiger partial charge in [0.05, 0.1) is 6.04 Å². The largest absolute Gasteiger partial charge is 0.349 e.